The summed E-state index contributed by atoms with van der Waals surface area (Å²) >= 11 is 0. The van der Waals surface area contributed by atoms with Crippen LogP contribution in [0.4, 0.5) is 0 Å². The van der Waals surface area contributed by atoms with Crippen molar-refractivity contribution < 1.29 is 9.59 Å². The molecule has 5 heteroatoms. The molecule has 0 unspecified atom stereocenters. The molecule has 0 spiro atoms. The molecule has 0 bridgehead atoms. The van der Waals surface area contributed by atoms with Gasteiger partial charge in [0.25, 0.3) is 0 Å². The fourth-order valence-electron chi connectivity index (χ4n) is 2.92. The van der Waals surface area contributed by atoms with Crippen LogP contribution in [0.25, 0.3) is 0 Å². The molecular weight excluding hydrogens is 230 g/mol. The van der Waals surface area contributed by atoms with E-state index in [4.69, 9.17) is 5.73 Å². The average Bonchev–Trinajstić information content (AvgIpc) is 2.53. The third kappa shape index (κ3) is 3.09. The van der Waals surface area contributed by atoms with Gasteiger partial charge >= 0.3 is 0 Å². The van der Waals surface area contributed by atoms with Gasteiger partial charge in [-0.3, -0.25) is 14.5 Å². The molecule has 0 aromatic carbocycles. The molecule has 2 fully saturated rings. The van der Waals surface area contributed by atoms with Crippen LogP contribution in [0.3, 0.4) is 0 Å². The van der Waals surface area contributed by atoms with Crippen molar-refractivity contribution in [3.63, 3.8) is 0 Å². The Kier molecular flexibility index (Phi) is 4.72. The first-order chi connectivity index (χ1) is 8.72. The van der Waals surface area contributed by atoms with Crippen LogP contribution in [0.5, 0.6) is 0 Å². The highest BCUT2D eigenvalue weighted by Crippen LogP contribution is 2.22. The summed E-state index contributed by atoms with van der Waals surface area (Å²) in [6.07, 6.45) is 4.58. The number of hydrogen-bond acceptors (Lipinski definition) is 4. The molecule has 18 heavy (non-hydrogen) atoms. The van der Waals surface area contributed by atoms with Crippen LogP contribution >= 0.6 is 0 Å². The lowest BCUT2D eigenvalue weighted by Gasteiger charge is -2.37. The highest BCUT2D eigenvalue weighted by atomic mass is 16.2. The Labute approximate surface area is 108 Å². The zero-order valence-corrected chi connectivity index (χ0v) is 10.9. The molecule has 2 aliphatic heterocycles. The molecule has 2 heterocycles. The van der Waals surface area contributed by atoms with Crippen LogP contribution in [0, 0.1) is 0 Å². The molecule has 0 aromatic rings. The number of nitrogens with two attached hydrogens (primary N) is 1. The van der Waals surface area contributed by atoms with E-state index in [2.05, 4.69) is 4.90 Å². The number of nitrogens with zero attached hydrogens (tertiary/aromatic N) is 2. The Morgan fingerprint density at radius 1 is 1.06 bits per heavy atom. The van der Waals surface area contributed by atoms with Crippen molar-refractivity contribution in [2.45, 2.75) is 44.6 Å². The van der Waals surface area contributed by atoms with Gasteiger partial charge in [-0.1, -0.05) is 0 Å². The average molecular weight is 253 g/mol. The second-order valence-corrected chi connectivity index (χ2v) is 5.23. The van der Waals surface area contributed by atoms with Crippen molar-refractivity contribution in [3.05, 3.63) is 0 Å². The van der Waals surface area contributed by atoms with Crippen molar-refractivity contribution >= 4 is 11.8 Å². The number of carbonyl (C=O) groups is 2. The number of rotatable bonds is 3. The van der Waals surface area contributed by atoms with Gasteiger partial charge < -0.3 is 10.6 Å². The molecule has 2 amide bonds. The molecule has 0 aromatic heterocycles. The first-order valence-electron chi connectivity index (χ1n) is 6.99. The summed E-state index contributed by atoms with van der Waals surface area (Å²) in [5.74, 6) is 0.0737. The number of carbonyl (C=O) groups excluding carboxylic acids is 2. The molecule has 2 N–H and O–H groups in total. The van der Waals surface area contributed by atoms with Gasteiger partial charge in [0.05, 0.1) is 0 Å². The van der Waals surface area contributed by atoms with E-state index in [1.807, 2.05) is 0 Å². The molecular formula is C13H23N3O2. The molecule has 0 aliphatic carbocycles. The minimum Gasteiger partial charge on any atom is -0.329 e. The van der Waals surface area contributed by atoms with Gasteiger partial charge in [-0.2, -0.15) is 0 Å². The zero-order valence-electron chi connectivity index (χ0n) is 10.9. The van der Waals surface area contributed by atoms with Crippen molar-refractivity contribution in [3.8, 4) is 0 Å². The second-order valence-electron chi connectivity index (χ2n) is 5.23. The van der Waals surface area contributed by atoms with Crippen LogP contribution in [0.2, 0.25) is 0 Å². The van der Waals surface area contributed by atoms with E-state index >= 15 is 0 Å². The smallest absolute Gasteiger partial charge is 0.229 e. The Bertz CT molecular complexity index is 293. The Morgan fingerprint density at radius 3 is 2.11 bits per heavy atom. The summed E-state index contributed by atoms with van der Waals surface area (Å²) in [5, 5.41) is 0. The highest BCUT2D eigenvalue weighted by Gasteiger charge is 2.32. The van der Waals surface area contributed by atoms with Crippen molar-refractivity contribution in [2.24, 2.45) is 5.73 Å². The number of piperidine rings is 1. The van der Waals surface area contributed by atoms with Crippen molar-refractivity contribution in [1.29, 1.82) is 0 Å². The predicted octanol–water partition coefficient (Wildman–Crippen LogP) is 0.339. The third-order valence-corrected chi connectivity index (χ3v) is 3.94. The quantitative estimate of drug-likeness (QED) is 0.737. The molecule has 0 atom stereocenters. The van der Waals surface area contributed by atoms with Gasteiger partial charge in [0, 0.05) is 45.1 Å². The Hall–Kier alpha value is -0.940. The van der Waals surface area contributed by atoms with Gasteiger partial charge in [-0.15, -0.1) is 0 Å². The van der Waals surface area contributed by atoms with E-state index in [1.165, 1.54) is 0 Å². The molecule has 2 saturated heterocycles. The fourth-order valence-corrected chi connectivity index (χ4v) is 2.92. The van der Waals surface area contributed by atoms with Crippen molar-refractivity contribution in [2.75, 3.05) is 26.2 Å². The van der Waals surface area contributed by atoms with Gasteiger partial charge in [-0.05, 0) is 25.7 Å². The van der Waals surface area contributed by atoms with Crippen LogP contribution in [0.15, 0.2) is 0 Å². The molecule has 5 nitrogen and oxygen atoms in total. The number of imide groups is 1. The Morgan fingerprint density at radius 2 is 1.61 bits per heavy atom. The summed E-state index contributed by atoms with van der Waals surface area (Å²) in [7, 11) is 0. The number of amides is 2. The lowest BCUT2D eigenvalue weighted by atomic mass is 10.0. The van der Waals surface area contributed by atoms with Gasteiger partial charge in [0.15, 0.2) is 0 Å². The largest absolute Gasteiger partial charge is 0.329 e. The zero-order chi connectivity index (χ0) is 13.0. The molecule has 0 saturated carbocycles. The van der Waals surface area contributed by atoms with Crippen LogP contribution in [0.1, 0.15) is 38.5 Å². The van der Waals surface area contributed by atoms with Gasteiger partial charge in [0.2, 0.25) is 11.8 Å². The summed E-state index contributed by atoms with van der Waals surface area (Å²) in [5.41, 5.74) is 5.54. The first kappa shape index (κ1) is 13.5. The van der Waals surface area contributed by atoms with Crippen LogP contribution in [-0.4, -0.2) is 53.8 Å². The maximum Gasteiger partial charge on any atom is 0.229 e. The predicted molar refractivity (Wildman–Crippen MR) is 68.8 cm³/mol. The standard InChI is InChI=1S/C13H23N3O2/c14-7-10-15-8-5-11(6-9-15)16-12(17)3-1-2-4-13(16)18/h11H,1-10,14H2. The Balaban J connectivity index is 1.94. The lowest BCUT2D eigenvalue weighted by molar-refractivity contribution is -0.147. The highest BCUT2D eigenvalue weighted by molar-refractivity contribution is 5.96. The van der Waals surface area contributed by atoms with E-state index in [0.29, 0.717) is 19.4 Å². The van der Waals surface area contributed by atoms with E-state index in [0.717, 1.165) is 45.3 Å². The van der Waals surface area contributed by atoms with Crippen LogP contribution < -0.4 is 5.73 Å². The first-order valence-corrected chi connectivity index (χ1v) is 6.99. The second kappa shape index (κ2) is 6.29. The van der Waals surface area contributed by atoms with E-state index < -0.39 is 0 Å². The topological polar surface area (TPSA) is 66.6 Å². The summed E-state index contributed by atoms with van der Waals surface area (Å²) in [4.78, 5) is 27.9. The van der Waals surface area contributed by atoms with Crippen LogP contribution in [-0.2, 0) is 9.59 Å². The number of likely N-dealkylation sites (tertiary alicyclic amines) is 2. The number of hydrogen-bond donors (Lipinski definition) is 1. The minimum atomic E-state index is 0.0368. The van der Waals surface area contributed by atoms with E-state index in [-0.39, 0.29) is 17.9 Å². The normalized spacial score (nSPS) is 24.4. The van der Waals surface area contributed by atoms with Gasteiger partial charge in [-0.25, -0.2) is 0 Å². The molecule has 2 aliphatic rings. The molecule has 102 valence electrons. The maximum atomic E-state index is 12.0. The minimum absolute atomic E-state index is 0.0368. The van der Waals surface area contributed by atoms with Crippen molar-refractivity contribution in [1.82, 2.24) is 9.80 Å². The lowest BCUT2D eigenvalue weighted by Crippen LogP contribution is -2.50. The maximum absolute atomic E-state index is 12.0. The van der Waals surface area contributed by atoms with E-state index in [1.54, 1.807) is 4.90 Å². The van der Waals surface area contributed by atoms with Gasteiger partial charge in [0.1, 0.15) is 0 Å². The fraction of sp³-hybridized carbons (Fsp3) is 0.846. The summed E-state index contributed by atoms with van der Waals surface area (Å²) in [6.45, 7) is 3.47. The molecule has 0 radical (unpaired) electrons. The monoisotopic (exact) mass is 253 g/mol. The molecule has 2 rings (SSSR count). The van der Waals surface area contributed by atoms with E-state index in [9.17, 15) is 9.59 Å². The SMILES string of the molecule is NCCN1CCC(N2C(=O)CCCCC2=O)CC1. The summed E-state index contributed by atoms with van der Waals surface area (Å²) < 4.78 is 0. The summed E-state index contributed by atoms with van der Waals surface area (Å²) in [6, 6.07) is 0.122. The third-order valence-electron chi connectivity index (χ3n) is 3.94.